The molecule has 0 saturated carbocycles. The minimum Gasteiger partial charge on any atom is -0.664 e. The van der Waals surface area contributed by atoms with E-state index in [0.717, 1.165) is 74.0 Å². The van der Waals surface area contributed by atoms with Crippen LogP contribution in [0.2, 0.25) is 0 Å². The molecule has 0 aromatic carbocycles. The Morgan fingerprint density at radius 1 is 0.900 bits per heavy atom. The van der Waals surface area contributed by atoms with Crippen molar-refractivity contribution in [3.05, 3.63) is 95.2 Å². The Bertz CT molecular complexity index is 2050. The van der Waals surface area contributed by atoms with Gasteiger partial charge < -0.3 is 34.8 Å². The van der Waals surface area contributed by atoms with E-state index in [1.807, 2.05) is 39.0 Å². The molecule has 2 aliphatic heterocycles. The summed E-state index contributed by atoms with van der Waals surface area (Å²) >= 11 is 0. The van der Waals surface area contributed by atoms with Gasteiger partial charge in [0.2, 0.25) is 0 Å². The van der Waals surface area contributed by atoms with E-state index in [1.165, 1.54) is 7.11 Å². The number of fused-ring (bicyclic) bond motifs is 7. The van der Waals surface area contributed by atoms with E-state index in [-0.39, 0.29) is 53.9 Å². The van der Waals surface area contributed by atoms with Crippen molar-refractivity contribution in [1.82, 2.24) is 15.0 Å². The van der Waals surface area contributed by atoms with Crippen LogP contribution < -0.4 is 25.7 Å². The number of aliphatic hydroxyl groups excluding tert-OH is 1. The van der Waals surface area contributed by atoms with Crippen molar-refractivity contribution in [2.45, 2.75) is 87.2 Å². The Morgan fingerprint density at radius 2 is 1.58 bits per heavy atom. The maximum Gasteiger partial charge on any atom is 2.00 e. The van der Waals surface area contributed by atoms with Gasteiger partial charge in [0, 0.05) is 6.42 Å². The molecule has 1 fully saturated rings. The summed E-state index contributed by atoms with van der Waals surface area (Å²) in [6.07, 6.45) is 9.04. The number of ether oxygens (including phenoxy) is 2. The van der Waals surface area contributed by atoms with Crippen LogP contribution in [0.25, 0.3) is 29.1 Å². The van der Waals surface area contributed by atoms with Gasteiger partial charge in [0.1, 0.15) is 12.5 Å². The van der Waals surface area contributed by atoms with Gasteiger partial charge >= 0.3 is 35.0 Å². The van der Waals surface area contributed by atoms with E-state index >= 15 is 0 Å². The fraction of sp³-hybridized carbons (Fsp3) is 0.450. The van der Waals surface area contributed by atoms with E-state index in [4.69, 9.17) is 29.7 Å². The number of aromatic nitrogens is 3. The van der Waals surface area contributed by atoms with Gasteiger partial charge in [0.25, 0.3) is 0 Å². The van der Waals surface area contributed by atoms with Crippen LogP contribution in [0, 0.1) is 38.5 Å². The Balaban J connectivity index is 0.00000486. The van der Waals surface area contributed by atoms with Crippen molar-refractivity contribution in [2.24, 2.45) is 17.8 Å². The first-order valence-corrected chi connectivity index (χ1v) is 17.3. The molecule has 0 radical (unpaired) electrons. The third kappa shape index (κ3) is 6.46. The fourth-order valence-corrected chi connectivity index (χ4v) is 7.71. The third-order valence-electron chi connectivity index (χ3n) is 10.6. The van der Waals surface area contributed by atoms with Crippen LogP contribution in [0.5, 0.6) is 0 Å². The van der Waals surface area contributed by atoms with E-state index in [2.05, 4.69) is 40.7 Å². The molecule has 0 unspecified atom stereocenters. The maximum absolute atomic E-state index is 13.4. The molecule has 3 aromatic heterocycles. The van der Waals surface area contributed by atoms with Gasteiger partial charge in [0.15, 0.2) is 0 Å². The molecule has 6 rings (SSSR count). The topological polar surface area (TPSA) is 129 Å². The Hall–Kier alpha value is -3.73. The van der Waals surface area contributed by atoms with Crippen molar-refractivity contribution < 1.29 is 24.2 Å². The van der Waals surface area contributed by atoms with Crippen LogP contribution in [-0.4, -0.2) is 53.8 Å². The predicted octanol–water partition coefficient (Wildman–Crippen LogP) is 4.72. The summed E-state index contributed by atoms with van der Waals surface area (Å²) in [5.41, 5.74) is 11.9. The number of carbonyl (C=O) groups is 2. The number of allylic oxidation sites excluding steroid dienone is 3. The second-order valence-corrected chi connectivity index (χ2v) is 13.7. The number of esters is 2. The minimum absolute atomic E-state index is 0. The molecule has 9 nitrogen and oxygen atoms in total. The van der Waals surface area contributed by atoms with Crippen molar-refractivity contribution in [3.8, 4) is 0 Å². The van der Waals surface area contributed by atoms with Crippen LogP contribution >= 0.6 is 0 Å². The summed E-state index contributed by atoms with van der Waals surface area (Å²) in [6.45, 7) is 16.6. The molecule has 50 heavy (non-hydrogen) atoms. The van der Waals surface area contributed by atoms with Gasteiger partial charge in [-0.2, -0.15) is 11.4 Å². The van der Waals surface area contributed by atoms with Crippen molar-refractivity contribution in [2.75, 3.05) is 13.7 Å². The first kappa shape index (κ1) is 37.5. The third-order valence-corrected chi connectivity index (χ3v) is 10.6. The molecule has 5 heterocycles. The van der Waals surface area contributed by atoms with Gasteiger partial charge in [-0.3, -0.25) is 9.59 Å². The predicted molar refractivity (Wildman–Crippen MR) is 195 cm³/mol. The molecule has 3 aromatic rings. The summed E-state index contributed by atoms with van der Waals surface area (Å²) in [6, 6.07) is 0. The number of hydrogen-bond acceptors (Lipinski definition) is 5. The Morgan fingerprint density at radius 3 is 2.24 bits per heavy atom. The number of carbonyl (C=O) groups excluding carboxylic acids is 2. The summed E-state index contributed by atoms with van der Waals surface area (Å²) in [4.78, 5) is 41.6. The molecule has 1 N–H and O–H groups in total. The quantitative estimate of drug-likeness (QED) is 0.205. The molecular formula is C40H46MgN4O5-2. The molecule has 3 aliphatic rings. The van der Waals surface area contributed by atoms with Gasteiger partial charge in [-0.05, 0) is 77.4 Å². The van der Waals surface area contributed by atoms with Crippen LogP contribution in [0.4, 0.5) is 0 Å². The zero-order valence-corrected chi connectivity index (χ0v) is 32.1. The number of nitrogens with zero attached hydrogens (tertiary/aromatic N) is 4. The molecule has 0 spiro atoms. The molecule has 1 saturated heterocycles. The first-order chi connectivity index (χ1) is 23.4. The summed E-state index contributed by atoms with van der Waals surface area (Å²) < 4.78 is 10.8. The van der Waals surface area contributed by atoms with E-state index in [9.17, 15) is 14.7 Å². The van der Waals surface area contributed by atoms with E-state index in [0.29, 0.717) is 34.6 Å². The molecule has 10 heteroatoms. The number of aliphatic hydroxyl groups is 1. The average molecular weight is 687 g/mol. The molecule has 0 amide bonds. The second kappa shape index (κ2) is 14.9. The molecular weight excluding hydrogens is 641 g/mol. The SMILES string of the molecule is CCc1c2[n-]c(c1C)/C=C1\[N-]/C(=C3\c4[n-]c(c(C)c4[C@H](O)[C@@H]3C(=O)OC)/C=c3\[n-]/c(c(C)c3CC)=C\2)[C@@H](CCC(=O)OCC=C(C)C)[C@@H]1C.[Mg+2]. The maximum atomic E-state index is 13.4. The van der Waals surface area contributed by atoms with Crippen molar-refractivity contribution >= 4 is 58.8 Å². The van der Waals surface area contributed by atoms with E-state index < -0.39 is 18.0 Å². The van der Waals surface area contributed by atoms with Crippen molar-refractivity contribution in [1.29, 1.82) is 0 Å². The van der Waals surface area contributed by atoms with Crippen LogP contribution in [0.1, 0.15) is 110 Å². The van der Waals surface area contributed by atoms with Gasteiger partial charge in [-0.25, -0.2) is 0 Å². The number of hydrogen-bond donors (Lipinski definition) is 1. The van der Waals surface area contributed by atoms with E-state index in [1.54, 1.807) is 0 Å². The van der Waals surface area contributed by atoms with Gasteiger partial charge in [-0.1, -0.05) is 78.0 Å². The first-order valence-electron chi connectivity index (χ1n) is 17.3. The van der Waals surface area contributed by atoms with Gasteiger partial charge in [-0.15, -0.1) is 33.5 Å². The van der Waals surface area contributed by atoms with Crippen LogP contribution in [-0.2, 0) is 31.9 Å². The number of methoxy groups -OCH3 is 1. The summed E-state index contributed by atoms with van der Waals surface area (Å²) in [5, 5.41) is 18.7. The standard InChI is InChI=1S/C40H46N4O5.Mg/c1-10-24-20(5)27-16-29-22(7)26(12-13-33(45)49-15-14-19(3)4)37(43-29)35-36(40(47)48-9)39(46)34-23(8)30(44-38(34)35)18-32-25(11-2)21(6)28(42-32)17-31(24)41-27;/h14,16-18,22,26,36,39,46H,10-13,15H2,1-9H3;/q-4;+2/b28-17-,29-16-,32-18-,37-35-;/t22-,26-,36+,39-;/m0./s1. The molecule has 8 bridgehead atoms. The summed E-state index contributed by atoms with van der Waals surface area (Å²) in [5.74, 6) is -2.23. The van der Waals surface area contributed by atoms with Crippen LogP contribution in [0.3, 0.4) is 0 Å². The molecule has 260 valence electrons. The van der Waals surface area contributed by atoms with Gasteiger partial charge in [0.05, 0.1) is 13.2 Å². The number of rotatable bonds is 8. The Kier molecular flexibility index (Phi) is 11.1. The Labute approximate surface area is 310 Å². The largest absolute Gasteiger partial charge is 2.00 e. The van der Waals surface area contributed by atoms with Crippen molar-refractivity contribution in [3.63, 3.8) is 0 Å². The monoisotopic (exact) mass is 686 g/mol. The average Bonchev–Trinajstić information content (AvgIpc) is 3.80. The molecule has 4 atom stereocenters. The zero-order valence-electron chi connectivity index (χ0n) is 30.7. The minimum atomic E-state index is -1.16. The normalized spacial score (nSPS) is 24.2. The fourth-order valence-electron chi connectivity index (χ4n) is 7.71. The van der Waals surface area contributed by atoms with Crippen LogP contribution in [0.15, 0.2) is 23.0 Å². The molecule has 1 aliphatic carbocycles. The zero-order chi connectivity index (χ0) is 35.3. The second-order valence-electron chi connectivity index (χ2n) is 13.7. The summed E-state index contributed by atoms with van der Waals surface area (Å²) in [7, 11) is 1.33. The smallest absolute Gasteiger partial charge is 0.664 e.